The Balaban J connectivity index is 1.53. The molecule has 0 fully saturated rings. The molecule has 0 aliphatic carbocycles. The van der Waals surface area contributed by atoms with Crippen LogP contribution in [0.15, 0.2) is 72.1 Å². The molecule has 1 aliphatic heterocycles. The molecule has 0 saturated heterocycles. The Labute approximate surface area is 204 Å². The SMILES string of the molecule is C[C@]1(C(=O)NCc2ccc(Cl)cc2)Cn2nc(-c3cccs3)cc2C(=O)N1c1cccc(F)c1. The van der Waals surface area contributed by atoms with Gasteiger partial charge in [-0.2, -0.15) is 5.10 Å². The van der Waals surface area contributed by atoms with Gasteiger partial charge in [-0.05, 0) is 60.3 Å². The standard InChI is InChI=1S/C25H20ClFN4O2S/c1-25(24(33)28-14-16-7-9-17(26)10-8-16)15-30-21(13-20(29-30)22-6-3-11-34-22)23(32)31(25)19-5-2-4-18(27)12-19/h2-13H,14-15H2,1H3,(H,28,33)/t25-/m1/s1. The lowest BCUT2D eigenvalue weighted by Gasteiger charge is -2.43. The number of carbonyl (C=O) groups is 2. The van der Waals surface area contributed by atoms with E-state index in [4.69, 9.17) is 11.6 Å². The normalized spacial score (nSPS) is 17.5. The van der Waals surface area contributed by atoms with E-state index in [0.29, 0.717) is 22.1 Å². The molecular weight excluding hydrogens is 475 g/mol. The fourth-order valence-electron chi connectivity index (χ4n) is 4.12. The van der Waals surface area contributed by atoms with Gasteiger partial charge in [-0.15, -0.1) is 11.3 Å². The first-order valence-corrected chi connectivity index (χ1v) is 11.9. The highest BCUT2D eigenvalue weighted by atomic mass is 35.5. The Hall–Kier alpha value is -3.49. The van der Waals surface area contributed by atoms with Crippen molar-refractivity contribution in [1.29, 1.82) is 0 Å². The summed E-state index contributed by atoms with van der Waals surface area (Å²) in [6.07, 6.45) is 0. The number of amides is 2. The molecule has 172 valence electrons. The number of nitrogens with one attached hydrogen (secondary N) is 1. The Morgan fingerprint density at radius 2 is 1.97 bits per heavy atom. The van der Waals surface area contributed by atoms with Crippen LogP contribution in [-0.2, 0) is 17.9 Å². The van der Waals surface area contributed by atoms with E-state index in [-0.39, 0.29) is 19.0 Å². The predicted molar refractivity (Wildman–Crippen MR) is 130 cm³/mol. The summed E-state index contributed by atoms with van der Waals surface area (Å²) in [5, 5.41) is 10.1. The molecule has 2 amide bonds. The van der Waals surface area contributed by atoms with E-state index in [1.807, 2.05) is 29.6 Å². The van der Waals surface area contributed by atoms with Crippen LogP contribution in [0.25, 0.3) is 10.6 Å². The Bertz CT molecular complexity index is 1370. The van der Waals surface area contributed by atoms with Gasteiger partial charge in [0, 0.05) is 17.3 Å². The quantitative estimate of drug-likeness (QED) is 0.418. The van der Waals surface area contributed by atoms with E-state index in [0.717, 1.165) is 10.4 Å². The fourth-order valence-corrected chi connectivity index (χ4v) is 4.93. The van der Waals surface area contributed by atoms with E-state index >= 15 is 0 Å². The van der Waals surface area contributed by atoms with Crippen molar-refractivity contribution < 1.29 is 14.0 Å². The van der Waals surface area contributed by atoms with Crippen molar-refractivity contribution >= 4 is 40.4 Å². The number of hydrogen-bond donors (Lipinski definition) is 1. The average Bonchev–Trinajstić information content (AvgIpc) is 3.48. The van der Waals surface area contributed by atoms with Crippen LogP contribution in [0.3, 0.4) is 0 Å². The maximum Gasteiger partial charge on any atom is 0.277 e. The lowest BCUT2D eigenvalue weighted by atomic mass is 9.93. The highest BCUT2D eigenvalue weighted by molar-refractivity contribution is 7.13. The van der Waals surface area contributed by atoms with Crippen LogP contribution in [0, 0.1) is 5.82 Å². The number of carbonyl (C=O) groups excluding carboxylic acids is 2. The molecule has 0 unspecified atom stereocenters. The minimum Gasteiger partial charge on any atom is -0.350 e. The summed E-state index contributed by atoms with van der Waals surface area (Å²) >= 11 is 7.46. The molecular formula is C25H20ClFN4O2S. The molecule has 0 bridgehead atoms. The van der Waals surface area contributed by atoms with Crippen molar-refractivity contribution in [1.82, 2.24) is 15.1 Å². The van der Waals surface area contributed by atoms with Crippen molar-refractivity contribution in [3.8, 4) is 10.6 Å². The lowest BCUT2D eigenvalue weighted by molar-refractivity contribution is -0.126. The van der Waals surface area contributed by atoms with Crippen molar-refractivity contribution in [2.75, 3.05) is 4.90 Å². The van der Waals surface area contributed by atoms with Gasteiger partial charge < -0.3 is 5.32 Å². The number of aromatic nitrogens is 2. The second-order valence-electron chi connectivity index (χ2n) is 8.25. The van der Waals surface area contributed by atoms with Crippen LogP contribution in [0.2, 0.25) is 5.02 Å². The molecule has 2 aromatic carbocycles. The molecule has 4 aromatic rings. The van der Waals surface area contributed by atoms with Gasteiger partial charge in [0.1, 0.15) is 22.7 Å². The smallest absolute Gasteiger partial charge is 0.277 e. The van der Waals surface area contributed by atoms with Gasteiger partial charge >= 0.3 is 0 Å². The summed E-state index contributed by atoms with van der Waals surface area (Å²) in [5.41, 5.74) is 0.821. The summed E-state index contributed by atoms with van der Waals surface area (Å²) in [5.74, 6) is -1.29. The third-order valence-corrected chi connectivity index (χ3v) is 6.99. The molecule has 1 aliphatic rings. The maximum absolute atomic E-state index is 14.1. The number of rotatable bonds is 5. The maximum atomic E-state index is 14.1. The highest BCUT2D eigenvalue weighted by Crippen LogP contribution is 2.35. The van der Waals surface area contributed by atoms with Gasteiger partial charge in [-0.1, -0.05) is 35.9 Å². The van der Waals surface area contributed by atoms with Crippen molar-refractivity contribution in [2.45, 2.75) is 25.6 Å². The van der Waals surface area contributed by atoms with Gasteiger partial charge in [0.25, 0.3) is 5.91 Å². The zero-order valence-corrected chi connectivity index (χ0v) is 19.7. The molecule has 2 aromatic heterocycles. The molecule has 0 saturated carbocycles. The zero-order chi connectivity index (χ0) is 23.9. The van der Waals surface area contributed by atoms with Gasteiger partial charge in [0.05, 0.1) is 11.4 Å². The summed E-state index contributed by atoms with van der Waals surface area (Å²) < 4.78 is 15.7. The van der Waals surface area contributed by atoms with E-state index < -0.39 is 17.3 Å². The molecule has 34 heavy (non-hydrogen) atoms. The largest absolute Gasteiger partial charge is 0.350 e. The van der Waals surface area contributed by atoms with Crippen LogP contribution in [0.5, 0.6) is 0 Å². The number of nitrogens with zero attached hydrogens (tertiary/aromatic N) is 3. The second-order valence-corrected chi connectivity index (χ2v) is 9.64. The third kappa shape index (κ3) is 3.99. The average molecular weight is 495 g/mol. The minimum atomic E-state index is -1.34. The lowest BCUT2D eigenvalue weighted by Crippen LogP contribution is -2.64. The van der Waals surface area contributed by atoms with Crippen LogP contribution in [0.4, 0.5) is 10.1 Å². The molecule has 1 atom stereocenters. The molecule has 0 radical (unpaired) electrons. The number of hydrogen-bond acceptors (Lipinski definition) is 4. The molecule has 9 heteroatoms. The first kappa shape index (κ1) is 22.3. The van der Waals surface area contributed by atoms with Gasteiger partial charge in [-0.25, -0.2) is 4.39 Å². The number of benzene rings is 2. The van der Waals surface area contributed by atoms with Crippen LogP contribution in [-0.4, -0.2) is 27.1 Å². The van der Waals surface area contributed by atoms with Crippen LogP contribution in [0.1, 0.15) is 23.0 Å². The van der Waals surface area contributed by atoms with Gasteiger partial charge in [-0.3, -0.25) is 19.2 Å². The van der Waals surface area contributed by atoms with Crippen molar-refractivity contribution in [2.24, 2.45) is 0 Å². The van der Waals surface area contributed by atoms with Crippen LogP contribution >= 0.6 is 22.9 Å². The first-order chi connectivity index (χ1) is 16.3. The van der Waals surface area contributed by atoms with Gasteiger partial charge in [0.15, 0.2) is 0 Å². The number of halogens is 2. The zero-order valence-electron chi connectivity index (χ0n) is 18.2. The van der Waals surface area contributed by atoms with E-state index in [9.17, 15) is 14.0 Å². The second kappa shape index (κ2) is 8.70. The van der Waals surface area contributed by atoms with Crippen molar-refractivity contribution in [3.05, 3.63) is 94.2 Å². The first-order valence-electron chi connectivity index (χ1n) is 10.6. The minimum absolute atomic E-state index is 0.114. The summed E-state index contributed by atoms with van der Waals surface area (Å²) in [7, 11) is 0. The third-order valence-electron chi connectivity index (χ3n) is 5.85. The Kier molecular flexibility index (Phi) is 5.71. The van der Waals surface area contributed by atoms with E-state index in [1.54, 1.807) is 35.9 Å². The van der Waals surface area contributed by atoms with E-state index in [1.165, 1.54) is 34.4 Å². The Morgan fingerprint density at radius 1 is 1.18 bits per heavy atom. The van der Waals surface area contributed by atoms with Crippen molar-refractivity contribution in [3.63, 3.8) is 0 Å². The number of fused-ring (bicyclic) bond motifs is 1. The Morgan fingerprint density at radius 3 is 2.68 bits per heavy atom. The molecule has 3 heterocycles. The number of thiophene rings is 1. The van der Waals surface area contributed by atoms with Crippen LogP contribution < -0.4 is 10.2 Å². The predicted octanol–water partition coefficient (Wildman–Crippen LogP) is 5.14. The monoisotopic (exact) mass is 494 g/mol. The summed E-state index contributed by atoms with van der Waals surface area (Å²) in [4.78, 5) is 29.5. The van der Waals surface area contributed by atoms with Gasteiger partial charge in [0.2, 0.25) is 5.91 Å². The molecule has 0 spiro atoms. The molecule has 6 nitrogen and oxygen atoms in total. The fraction of sp³-hybridized carbons (Fsp3) is 0.160. The molecule has 5 rings (SSSR count). The molecule has 1 N–H and O–H groups in total. The summed E-state index contributed by atoms with van der Waals surface area (Å²) in [6.45, 7) is 2.04. The topological polar surface area (TPSA) is 67.2 Å². The summed E-state index contributed by atoms with van der Waals surface area (Å²) in [6, 6.07) is 18.4. The highest BCUT2D eigenvalue weighted by Gasteiger charge is 2.49. The number of anilines is 1. The van der Waals surface area contributed by atoms with E-state index in [2.05, 4.69) is 10.4 Å².